The van der Waals surface area contributed by atoms with Crippen LogP contribution in [0.4, 0.5) is 5.82 Å². The molecule has 1 amide bonds. The molecule has 1 N–H and O–H groups in total. The predicted octanol–water partition coefficient (Wildman–Crippen LogP) is 3.79. The van der Waals surface area contributed by atoms with Gasteiger partial charge in [-0.3, -0.25) is 14.8 Å². The summed E-state index contributed by atoms with van der Waals surface area (Å²) in [4.78, 5) is 24.8. The molecule has 27 heavy (non-hydrogen) atoms. The van der Waals surface area contributed by atoms with E-state index in [4.69, 9.17) is 0 Å². The largest absolute Gasteiger partial charge is 0.310 e. The summed E-state index contributed by atoms with van der Waals surface area (Å²) in [5, 5.41) is 2.84. The normalized spacial score (nSPS) is 12.7. The summed E-state index contributed by atoms with van der Waals surface area (Å²) in [6.45, 7) is 0.716. The standard InChI is InChI=1S/C22H18N4O/c27-22(26-21-6-5-19(15-25-21)20-9-12-24-14-20)13-16-1-3-17(4-2-16)18-7-10-23-11-8-18/h1-11,14-15H,12-13H2,(H,25,26,27). The van der Waals surface area contributed by atoms with E-state index in [-0.39, 0.29) is 5.91 Å². The van der Waals surface area contributed by atoms with Gasteiger partial charge in [0.15, 0.2) is 0 Å². The van der Waals surface area contributed by atoms with Crippen molar-refractivity contribution in [3.05, 3.63) is 84.3 Å². The summed E-state index contributed by atoms with van der Waals surface area (Å²) in [5.41, 5.74) is 5.22. The molecule has 1 aromatic carbocycles. The molecule has 0 unspecified atom stereocenters. The van der Waals surface area contributed by atoms with Gasteiger partial charge in [0.05, 0.1) is 13.0 Å². The van der Waals surface area contributed by atoms with Crippen LogP contribution in [-0.2, 0) is 11.2 Å². The Labute approximate surface area is 157 Å². The van der Waals surface area contributed by atoms with E-state index in [0.717, 1.165) is 27.8 Å². The van der Waals surface area contributed by atoms with Crippen LogP contribution in [-0.4, -0.2) is 28.6 Å². The molecule has 0 saturated carbocycles. The Bertz CT molecular complexity index is 991. The lowest BCUT2D eigenvalue weighted by molar-refractivity contribution is -0.115. The number of rotatable bonds is 5. The van der Waals surface area contributed by atoms with E-state index in [9.17, 15) is 4.79 Å². The maximum atomic E-state index is 12.3. The predicted molar refractivity (Wildman–Crippen MR) is 108 cm³/mol. The fourth-order valence-corrected chi connectivity index (χ4v) is 2.92. The fourth-order valence-electron chi connectivity index (χ4n) is 2.92. The minimum Gasteiger partial charge on any atom is -0.310 e. The van der Waals surface area contributed by atoms with Crippen LogP contribution < -0.4 is 5.32 Å². The lowest BCUT2D eigenvalue weighted by atomic mass is 10.0. The first-order chi connectivity index (χ1) is 13.3. The Hall–Kier alpha value is -3.60. The Morgan fingerprint density at radius 3 is 2.33 bits per heavy atom. The zero-order chi connectivity index (χ0) is 18.5. The van der Waals surface area contributed by atoms with Gasteiger partial charge >= 0.3 is 0 Å². The van der Waals surface area contributed by atoms with Crippen LogP contribution in [0.25, 0.3) is 16.7 Å². The Morgan fingerprint density at radius 2 is 1.67 bits per heavy atom. The van der Waals surface area contributed by atoms with Crippen molar-refractivity contribution >= 4 is 23.5 Å². The fraction of sp³-hybridized carbons (Fsp3) is 0.0909. The summed E-state index contributed by atoms with van der Waals surface area (Å²) in [6.07, 6.45) is 9.48. The molecule has 3 aromatic rings. The number of benzene rings is 1. The molecular formula is C22H18N4O. The van der Waals surface area contributed by atoms with Crippen molar-refractivity contribution < 1.29 is 4.79 Å². The van der Waals surface area contributed by atoms with Gasteiger partial charge in [0.1, 0.15) is 5.82 Å². The maximum absolute atomic E-state index is 12.3. The number of aromatic nitrogens is 2. The highest BCUT2D eigenvalue weighted by molar-refractivity contribution is 6.11. The van der Waals surface area contributed by atoms with E-state index in [0.29, 0.717) is 18.8 Å². The average Bonchev–Trinajstić information content (AvgIpc) is 3.25. The molecule has 3 heterocycles. The Morgan fingerprint density at radius 1 is 0.926 bits per heavy atom. The summed E-state index contributed by atoms with van der Waals surface area (Å²) >= 11 is 0. The minimum atomic E-state index is -0.0893. The molecule has 0 fully saturated rings. The summed E-state index contributed by atoms with van der Waals surface area (Å²) < 4.78 is 0. The van der Waals surface area contributed by atoms with Crippen LogP contribution in [0.1, 0.15) is 11.1 Å². The van der Waals surface area contributed by atoms with E-state index < -0.39 is 0 Å². The molecule has 0 radical (unpaired) electrons. The quantitative estimate of drug-likeness (QED) is 0.758. The number of amides is 1. The number of hydrogen-bond acceptors (Lipinski definition) is 4. The molecule has 5 heteroatoms. The molecule has 0 aliphatic carbocycles. The highest BCUT2D eigenvalue weighted by Gasteiger charge is 2.07. The molecule has 132 valence electrons. The molecule has 1 aliphatic rings. The van der Waals surface area contributed by atoms with E-state index in [1.807, 2.05) is 60.8 Å². The van der Waals surface area contributed by atoms with Crippen molar-refractivity contribution in [3.8, 4) is 11.1 Å². The number of hydrogen-bond donors (Lipinski definition) is 1. The first kappa shape index (κ1) is 16.8. The summed E-state index contributed by atoms with van der Waals surface area (Å²) in [7, 11) is 0. The van der Waals surface area contributed by atoms with Crippen LogP contribution in [0.2, 0.25) is 0 Å². The van der Waals surface area contributed by atoms with E-state index in [1.165, 1.54) is 0 Å². The molecular weight excluding hydrogens is 336 g/mol. The lowest BCUT2D eigenvalue weighted by Gasteiger charge is -2.07. The highest BCUT2D eigenvalue weighted by atomic mass is 16.1. The first-order valence-electron chi connectivity index (χ1n) is 8.73. The van der Waals surface area contributed by atoms with Gasteiger partial charge in [0.25, 0.3) is 0 Å². The van der Waals surface area contributed by atoms with Crippen molar-refractivity contribution in [3.63, 3.8) is 0 Å². The van der Waals surface area contributed by atoms with Gasteiger partial charge in [-0.05, 0) is 46.5 Å². The smallest absolute Gasteiger partial charge is 0.229 e. The van der Waals surface area contributed by atoms with Gasteiger partial charge in [-0.1, -0.05) is 30.3 Å². The third-order valence-electron chi connectivity index (χ3n) is 4.34. The maximum Gasteiger partial charge on any atom is 0.229 e. The second kappa shape index (κ2) is 7.74. The molecule has 5 nitrogen and oxygen atoms in total. The van der Waals surface area contributed by atoms with Crippen molar-refractivity contribution in [1.82, 2.24) is 9.97 Å². The van der Waals surface area contributed by atoms with Gasteiger partial charge in [-0.15, -0.1) is 0 Å². The second-order valence-corrected chi connectivity index (χ2v) is 6.24. The van der Waals surface area contributed by atoms with Crippen molar-refractivity contribution in [1.29, 1.82) is 0 Å². The van der Waals surface area contributed by atoms with Crippen molar-refractivity contribution in [2.75, 3.05) is 11.9 Å². The topological polar surface area (TPSA) is 67.2 Å². The Balaban J connectivity index is 1.37. The zero-order valence-electron chi connectivity index (χ0n) is 14.7. The van der Waals surface area contributed by atoms with Gasteiger partial charge in [0, 0.05) is 30.4 Å². The molecule has 0 saturated heterocycles. The lowest BCUT2D eigenvalue weighted by Crippen LogP contribution is -2.15. The highest BCUT2D eigenvalue weighted by Crippen LogP contribution is 2.19. The van der Waals surface area contributed by atoms with Crippen LogP contribution in [0, 0.1) is 0 Å². The number of pyridine rings is 2. The average molecular weight is 354 g/mol. The van der Waals surface area contributed by atoms with E-state index in [1.54, 1.807) is 18.6 Å². The SMILES string of the molecule is O=C(Cc1ccc(-c2ccncc2)cc1)Nc1ccc(C2=CCN=C2)cn1. The van der Waals surface area contributed by atoms with Crippen LogP contribution in [0.5, 0.6) is 0 Å². The third kappa shape index (κ3) is 4.15. The number of anilines is 1. The summed E-state index contributed by atoms with van der Waals surface area (Å²) in [5.74, 6) is 0.459. The van der Waals surface area contributed by atoms with Gasteiger partial charge in [-0.2, -0.15) is 0 Å². The number of nitrogens with one attached hydrogen (secondary N) is 1. The number of nitrogens with zero attached hydrogens (tertiary/aromatic N) is 3. The zero-order valence-corrected chi connectivity index (χ0v) is 14.7. The monoisotopic (exact) mass is 354 g/mol. The minimum absolute atomic E-state index is 0.0893. The molecule has 0 bridgehead atoms. The molecule has 4 rings (SSSR count). The van der Waals surface area contributed by atoms with Gasteiger partial charge < -0.3 is 5.32 Å². The molecule has 1 aliphatic heterocycles. The van der Waals surface area contributed by atoms with E-state index in [2.05, 4.69) is 20.3 Å². The molecule has 0 spiro atoms. The van der Waals surface area contributed by atoms with E-state index >= 15 is 0 Å². The third-order valence-corrected chi connectivity index (χ3v) is 4.34. The van der Waals surface area contributed by atoms with Crippen molar-refractivity contribution in [2.45, 2.75) is 6.42 Å². The first-order valence-corrected chi connectivity index (χ1v) is 8.73. The molecule has 0 atom stereocenters. The van der Waals surface area contributed by atoms with Gasteiger partial charge in [0.2, 0.25) is 5.91 Å². The molecule has 2 aromatic heterocycles. The second-order valence-electron chi connectivity index (χ2n) is 6.24. The van der Waals surface area contributed by atoms with Gasteiger partial charge in [-0.25, -0.2) is 4.98 Å². The number of aliphatic imine (C=N–C) groups is 1. The van der Waals surface area contributed by atoms with Crippen LogP contribution in [0.15, 0.2) is 78.2 Å². The van der Waals surface area contributed by atoms with Crippen LogP contribution in [0.3, 0.4) is 0 Å². The van der Waals surface area contributed by atoms with Crippen LogP contribution >= 0.6 is 0 Å². The summed E-state index contributed by atoms with van der Waals surface area (Å²) in [6, 6.07) is 15.6. The number of allylic oxidation sites excluding steroid dienone is 1. The number of carbonyl (C=O) groups is 1. The number of carbonyl (C=O) groups excluding carboxylic acids is 1. The van der Waals surface area contributed by atoms with Crippen molar-refractivity contribution in [2.24, 2.45) is 4.99 Å². The Kier molecular flexibility index (Phi) is 4.83.